The molecule has 0 amide bonds. The van der Waals surface area contributed by atoms with Gasteiger partial charge in [-0.15, -0.1) is 0 Å². The number of hydrogen-bond acceptors (Lipinski definition) is 5. The van der Waals surface area contributed by atoms with Crippen LogP contribution in [0.5, 0.6) is 0 Å². The highest BCUT2D eigenvalue weighted by Gasteiger charge is 2.34. The number of aliphatic hydroxyl groups excluding tert-OH is 1. The van der Waals surface area contributed by atoms with E-state index in [1.165, 1.54) is 7.11 Å². The van der Waals surface area contributed by atoms with E-state index in [1.807, 2.05) is 13.8 Å². The van der Waals surface area contributed by atoms with E-state index < -0.39 is 17.9 Å². The molecule has 1 N–H and O–H groups in total. The molecular weight excluding hydrogens is 212 g/mol. The molecule has 0 aromatic rings. The summed E-state index contributed by atoms with van der Waals surface area (Å²) >= 11 is 0. The molecule has 5 nitrogen and oxygen atoms in total. The molecule has 96 valence electrons. The normalized spacial score (nSPS) is 19.6. The summed E-state index contributed by atoms with van der Waals surface area (Å²) in [6.45, 7) is 6.81. The zero-order chi connectivity index (χ0) is 12.6. The summed E-state index contributed by atoms with van der Waals surface area (Å²) in [5.74, 6) is -1.19. The Balaban J connectivity index is 0.00000106. The number of hydrogen-bond donors (Lipinski definition) is 1. The summed E-state index contributed by atoms with van der Waals surface area (Å²) in [6.07, 6.45) is -0.536. The number of carbonyl (C=O) groups excluding carboxylic acids is 1. The van der Waals surface area contributed by atoms with Crippen molar-refractivity contribution in [2.24, 2.45) is 0 Å². The molecule has 1 saturated heterocycles. The van der Waals surface area contributed by atoms with Crippen molar-refractivity contribution < 1.29 is 24.1 Å². The summed E-state index contributed by atoms with van der Waals surface area (Å²) < 4.78 is 15.0. The first kappa shape index (κ1) is 15.3. The predicted molar refractivity (Wildman–Crippen MR) is 58.9 cm³/mol. The molecular formula is C11H22O5. The van der Waals surface area contributed by atoms with Crippen molar-refractivity contribution in [3.05, 3.63) is 0 Å². The van der Waals surface area contributed by atoms with Crippen molar-refractivity contribution in [3.8, 4) is 0 Å². The van der Waals surface area contributed by atoms with E-state index in [1.54, 1.807) is 6.92 Å². The van der Waals surface area contributed by atoms with E-state index in [0.717, 1.165) is 0 Å². The van der Waals surface area contributed by atoms with Crippen molar-refractivity contribution in [1.82, 2.24) is 0 Å². The van der Waals surface area contributed by atoms with Crippen molar-refractivity contribution >= 4 is 5.97 Å². The maximum Gasteiger partial charge on any atom is 0.308 e. The van der Waals surface area contributed by atoms with Gasteiger partial charge in [-0.1, -0.05) is 13.8 Å². The molecule has 0 aliphatic carbocycles. The smallest absolute Gasteiger partial charge is 0.308 e. The quantitative estimate of drug-likeness (QED) is 0.738. The molecule has 1 aliphatic heterocycles. The lowest BCUT2D eigenvalue weighted by Gasteiger charge is -2.24. The van der Waals surface area contributed by atoms with Gasteiger partial charge in [0, 0.05) is 6.42 Å². The SMILES string of the molecule is CC.COC(=O)CC(O)CC1(C)OCCO1. The van der Waals surface area contributed by atoms with E-state index in [4.69, 9.17) is 9.47 Å². The number of rotatable bonds is 4. The van der Waals surface area contributed by atoms with Gasteiger partial charge in [0.2, 0.25) is 0 Å². The first-order chi connectivity index (χ1) is 7.56. The van der Waals surface area contributed by atoms with E-state index in [2.05, 4.69) is 4.74 Å². The molecule has 1 fully saturated rings. The highest BCUT2D eigenvalue weighted by Crippen LogP contribution is 2.24. The first-order valence-corrected chi connectivity index (χ1v) is 5.58. The zero-order valence-corrected chi connectivity index (χ0v) is 10.5. The molecule has 1 unspecified atom stereocenters. The van der Waals surface area contributed by atoms with E-state index in [0.29, 0.717) is 13.2 Å². The van der Waals surface area contributed by atoms with Crippen LogP contribution in [0.2, 0.25) is 0 Å². The van der Waals surface area contributed by atoms with Crippen LogP contribution in [0.15, 0.2) is 0 Å². The Morgan fingerprint density at radius 3 is 2.38 bits per heavy atom. The third-order valence-corrected chi connectivity index (χ3v) is 2.13. The van der Waals surface area contributed by atoms with E-state index in [-0.39, 0.29) is 12.8 Å². The summed E-state index contributed by atoms with van der Waals surface area (Å²) in [4.78, 5) is 10.8. The van der Waals surface area contributed by atoms with Crippen molar-refractivity contribution in [2.45, 2.75) is 45.5 Å². The van der Waals surface area contributed by atoms with Gasteiger partial charge in [0.25, 0.3) is 0 Å². The van der Waals surface area contributed by atoms with Gasteiger partial charge in [0.15, 0.2) is 5.79 Å². The fourth-order valence-electron chi connectivity index (χ4n) is 1.45. The third kappa shape index (κ3) is 5.44. The minimum Gasteiger partial charge on any atom is -0.469 e. The minimum absolute atomic E-state index is 0.0290. The molecule has 0 aromatic carbocycles. The van der Waals surface area contributed by atoms with E-state index >= 15 is 0 Å². The number of methoxy groups -OCH3 is 1. The molecule has 1 atom stereocenters. The van der Waals surface area contributed by atoms with Crippen LogP contribution in [0.25, 0.3) is 0 Å². The third-order valence-electron chi connectivity index (χ3n) is 2.13. The molecule has 0 spiro atoms. The number of carbonyl (C=O) groups is 1. The van der Waals surface area contributed by atoms with Crippen LogP contribution < -0.4 is 0 Å². The number of aliphatic hydroxyl groups is 1. The highest BCUT2D eigenvalue weighted by atomic mass is 16.7. The largest absolute Gasteiger partial charge is 0.469 e. The van der Waals surface area contributed by atoms with Crippen LogP contribution in [0.4, 0.5) is 0 Å². The molecule has 1 rings (SSSR count). The van der Waals surface area contributed by atoms with Crippen LogP contribution in [-0.4, -0.2) is 43.3 Å². The average Bonchev–Trinajstić information content (AvgIpc) is 2.67. The maximum atomic E-state index is 10.8. The van der Waals surface area contributed by atoms with Crippen LogP contribution in [-0.2, 0) is 19.0 Å². The lowest BCUT2D eigenvalue weighted by molar-refractivity contribution is -0.166. The Bertz CT molecular complexity index is 199. The van der Waals surface area contributed by atoms with Gasteiger partial charge in [0.05, 0.1) is 32.8 Å². The van der Waals surface area contributed by atoms with Gasteiger partial charge in [-0.3, -0.25) is 4.79 Å². The topological polar surface area (TPSA) is 65.0 Å². The molecule has 1 heterocycles. The fourth-order valence-corrected chi connectivity index (χ4v) is 1.45. The second-order valence-corrected chi connectivity index (χ2v) is 3.47. The highest BCUT2D eigenvalue weighted by molar-refractivity contribution is 5.69. The average molecular weight is 234 g/mol. The van der Waals surface area contributed by atoms with Crippen molar-refractivity contribution in [3.63, 3.8) is 0 Å². The molecule has 16 heavy (non-hydrogen) atoms. The summed E-state index contributed by atoms with van der Waals surface area (Å²) in [5.41, 5.74) is 0. The van der Waals surface area contributed by atoms with E-state index in [9.17, 15) is 9.90 Å². The minimum atomic E-state index is -0.787. The first-order valence-electron chi connectivity index (χ1n) is 5.58. The fraction of sp³-hybridized carbons (Fsp3) is 0.909. The lowest BCUT2D eigenvalue weighted by Crippen LogP contribution is -2.32. The Morgan fingerprint density at radius 2 is 1.94 bits per heavy atom. The number of ether oxygens (including phenoxy) is 3. The van der Waals surface area contributed by atoms with Gasteiger partial charge in [0.1, 0.15) is 0 Å². The Morgan fingerprint density at radius 1 is 1.44 bits per heavy atom. The van der Waals surface area contributed by atoms with Gasteiger partial charge in [-0.2, -0.15) is 0 Å². The molecule has 0 aromatic heterocycles. The summed E-state index contributed by atoms with van der Waals surface area (Å²) in [5, 5.41) is 9.52. The monoisotopic (exact) mass is 234 g/mol. The van der Waals surface area contributed by atoms with Crippen LogP contribution in [0.1, 0.15) is 33.6 Å². The molecule has 0 bridgehead atoms. The summed E-state index contributed by atoms with van der Waals surface area (Å²) in [6, 6.07) is 0. The van der Waals surface area contributed by atoms with Gasteiger partial charge < -0.3 is 19.3 Å². The second-order valence-electron chi connectivity index (χ2n) is 3.47. The number of esters is 1. The predicted octanol–water partition coefficient (Wildman–Crippen LogP) is 1.09. The van der Waals surface area contributed by atoms with Gasteiger partial charge in [-0.25, -0.2) is 0 Å². The molecule has 0 radical (unpaired) electrons. The Hall–Kier alpha value is -0.650. The van der Waals surface area contributed by atoms with Crippen LogP contribution >= 0.6 is 0 Å². The van der Waals surface area contributed by atoms with Crippen molar-refractivity contribution in [2.75, 3.05) is 20.3 Å². The van der Waals surface area contributed by atoms with Gasteiger partial charge in [-0.05, 0) is 6.92 Å². The summed E-state index contributed by atoms with van der Waals surface area (Å²) in [7, 11) is 1.29. The van der Waals surface area contributed by atoms with Crippen molar-refractivity contribution in [1.29, 1.82) is 0 Å². The Kier molecular flexibility index (Phi) is 7.29. The standard InChI is InChI=1S/C9H16O5.C2H6/c1-9(13-3-4-14-9)6-7(10)5-8(11)12-2;1-2/h7,10H,3-6H2,1-2H3;1-2H3. The van der Waals surface area contributed by atoms with Crippen LogP contribution in [0.3, 0.4) is 0 Å². The molecule has 1 aliphatic rings. The van der Waals surface area contributed by atoms with Crippen LogP contribution in [0, 0.1) is 0 Å². The second kappa shape index (κ2) is 7.60. The van der Waals surface area contributed by atoms with Gasteiger partial charge >= 0.3 is 5.97 Å². The maximum absolute atomic E-state index is 10.8. The molecule has 0 saturated carbocycles. The molecule has 5 heteroatoms. The Labute approximate surface area is 96.7 Å². The zero-order valence-electron chi connectivity index (χ0n) is 10.5. The lowest BCUT2D eigenvalue weighted by atomic mass is 10.1.